The van der Waals surface area contributed by atoms with Gasteiger partial charge in [0.15, 0.2) is 12.1 Å². The highest BCUT2D eigenvalue weighted by Crippen LogP contribution is 2.39. The third-order valence-corrected chi connectivity index (χ3v) is 3.88. The van der Waals surface area contributed by atoms with E-state index in [2.05, 4.69) is 0 Å². The van der Waals surface area contributed by atoms with Crippen LogP contribution in [0.1, 0.15) is 19.4 Å². The zero-order chi connectivity index (χ0) is 15.7. The van der Waals surface area contributed by atoms with Crippen molar-refractivity contribution in [1.82, 2.24) is 0 Å². The van der Waals surface area contributed by atoms with Crippen molar-refractivity contribution in [3.8, 4) is 0 Å². The molecule has 2 N–H and O–H groups in total. The third-order valence-electron chi connectivity index (χ3n) is 3.88. The molecule has 0 bridgehead atoms. The second-order valence-corrected chi connectivity index (χ2v) is 6.08. The molecular weight excluding hydrogens is 288 g/mol. The van der Waals surface area contributed by atoms with Crippen molar-refractivity contribution in [2.45, 2.75) is 56.9 Å². The molecule has 2 aliphatic rings. The van der Waals surface area contributed by atoms with Crippen molar-refractivity contribution in [2.75, 3.05) is 6.61 Å². The van der Waals surface area contributed by atoms with Gasteiger partial charge in [-0.15, -0.1) is 0 Å². The third kappa shape index (κ3) is 3.17. The summed E-state index contributed by atoms with van der Waals surface area (Å²) in [5.74, 6) is -0.751. The van der Waals surface area contributed by atoms with E-state index in [4.69, 9.17) is 18.9 Å². The number of ether oxygens (including phenoxy) is 4. The summed E-state index contributed by atoms with van der Waals surface area (Å²) in [5.41, 5.74) is 1.02. The molecule has 0 radical (unpaired) electrons. The number of rotatable bonds is 5. The maximum absolute atomic E-state index is 9.94. The van der Waals surface area contributed by atoms with Gasteiger partial charge in [0, 0.05) is 0 Å². The van der Waals surface area contributed by atoms with Crippen LogP contribution in [0.25, 0.3) is 0 Å². The van der Waals surface area contributed by atoms with Gasteiger partial charge in [0.2, 0.25) is 0 Å². The Hall–Kier alpha value is -1.02. The van der Waals surface area contributed by atoms with Crippen LogP contribution in [0.15, 0.2) is 30.3 Å². The Morgan fingerprint density at radius 1 is 1.23 bits per heavy atom. The van der Waals surface area contributed by atoms with E-state index in [1.807, 2.05) is 30.3 Å². The predicted octanol–water partition coefficient (Wildman–Crippen LogP) is 0.801. The van der Waals surface area contributed by atoms with Crippen LogP contribution in [0.5, 0.6) is 0 Å². The first-order valence-electron chi connectivity index (χ1n) is 7.46. The quantitative estimate of drug-likeness (QED) is 0.838. The van der Waals surface area contributed by atoms with Crippen molar-refractivity contribution >= 4 is 0 Å². The van der Waals surface area contributed by atoms with Crippen LogP contribution in [0, 0.1) is 0 Å². The molecule has 2 aliphatic heterocycles. The molecular formula is C16H22O6. The van der Waals surface area contributed by atoms with E-state index in [1.54, 1.807) is 13.8 Å². The molecule has 6 heteroatoms. The Morgan fingerprint density at radius 2 is 1.95 bits per heavy atom. The molecule has 0 spiro atoms. The van der Waals surface area contributed by atoms with E-state index in [9.17, 15) is 10.2 Å². The summed E-state index contributed by atoms with van der Waals surface area (Å²) in [7, 11) is 0. The molecule has 122 valence electrons. The molecule has 2 saturated heterocycles. The monoisotopic (exact) mass is 310 g/mol. The minimum Gasteiger partial charge on any atom is -0.394 e. The highest BCUT2D eigenvalue weighted by Gasteiger charge is 2.56. The summed E-state index contributed by atoms with van der Waals surface area (Å²) in [6.45, 7) is 3.58. The molecule has 0 saturated carbocycles. The maximum Gasteiger partial charge on any atom is 0.190 e. The lowest BCUT2D eigenvalue weighted by atomic mass is 10.1. The molecule has 3 rings (SSSR count). The predicted molar refractivity (Wildman–Crippen MR) is 76.8 cm³/mol. The summed E-state index contributed by atoms with van der Waals surface area (Å²) in [6, 6.07) is 9.73. The van der Waals surface area contributed by atoms with E-state index in [1.165, 1.54) is 0 Å². The van der Waals surface area contributed by atoms with Crippen LogP contribution in [-0.4, -0.2) is 53.3 Å². The molecule has 0 aromatic heterocycles. The fourth-order valence-electron chi connectivity index (χ4n) is 2.87. The standard InChI is InChI=1S/C16H22O6/c1-16(2)21-14-13(19-9-10-6-4-3-5-7-10)12(11(18)8-17)20-15(14)22-16/h3-7,11-15,17-18H,8-9H2,1-2H3/t11-,12-,13-,14-,15?/m1/s1. The normalized spacial score (nSPS) is 34.5. The smallest absolute Gasteiger partial charge is 0.190 e. The highest BCUT2D eigenvalue weighted by molar-refractivity contribution is 5.13. The Balaban J connectivity index is 1.71. The number of aliphatic hydroxyl groups excluding tert-OH is 2. The first-order valence-corrected chi connectivity index (χ1v) is 7.46. The van der Waals surface area contributed by atoms with Crippen molar-refractivity contribution < 1.29 is 29.2 Å². The summed E-state index contributed by atoms with van der Waals surface area (Å²) in [4.78, 5) is 0. The molecule has 2 fully saturated rings. The number of hydrogen-bond acceptors (Lipinski definition) is 6. The fourth-order valence-corrected chi connectivity index (χ4v) is 2.87. The van der Waals surface area contributed by atoms with Crippen molar-refractivity contribution in [2.24, 2.45) is 0 Å². The zero-order valence-corrected chi connectivity index (χ0v) is 12.7. The molecule has 5 atom stereocenters. The number of aliphatic hydroxyl groups is 2. The minimum absolute atomic E-state index is 0.372. The molecule has 1 unspecified atom stereocenters. The van der Waals surface area contributed by atoms with Gasteiger partial charge in [0.05, 0.1) is 13.2 Å². The van der Waals surface area contributed by atoms with E-state index >= 15 is 0 Å². The van der Waals surface area contributed by atoms with Crippen molar-refractivity contribution in [1.29, 1.82) is 0 Å². The van der Waals surface area contributed by atoms with E-state index in [-0.39, 0.29) is 0 Å². The van der Waals surface area contributed by atoms with Gasteiger partial charge in [-0.05, 0) is 19.4 Å². The van der Waals surface area contributed by atoms with Gasteiger partial charge in [-0.25, -0.2) is 0 Å². The zero-order valence-electron chi connectivity index (χ0n) is 12.7. The van der Waals surface area contributed by atoms with Gasteiger partial charge in [0.1, 0.15) is 24.4 Å². The lowest BCUT2D eigenvalue weighted by molar-refractivity contribution is -0.232. The first kappa shape index (κ1) is 15.9. The lowest BCUT2D eigenvalue weighted by Gasteiger charge is -2.28. The van der Waals surface area contributed by atoms with Gasteiger partial charge in [-0.1, -0.05) is 30.3 Å². The summed E-state index contributed by atoms with van der Waals surface area (Å²) >= 11 is 0. The number of fused-ring (bicyclic) bond motifs is 1. The van der Waals surface area contributed by atoms with Crippen LogP contribution in [0.4, 0.5) is 0 Å². The number of benzene rings is 1. The molecule has 0 aliphatic carbocycles. The molecule has 2 heterocycles. The first-order chi connectivity index (χ1) is 10.5. The number of hydrogen-bond donors (Lipinski definition) is 2. The molecule has 6 nitrogen and oxygen atoms in total. The molecule has 0 amide bonds. The van der Waals surface area contributed by atoms with Gasteiger partial charge >= 0.3 is 0 Å². The maximum atomic E-state index is 9.94. The van der Waals surface area contributed by atoms with E-state index in [0.29, 0.717) is 6.61 Å². The molecule has 1 aromatic rings. The van der Waals surface area contributed by atoms with E-state index in [0.717, 1.165) is 5.56 Å². The lowest BCUT2D eigenvalue weighted by Crippen LogP contribution is -2.44. The van der Waals surface area contributed by atoms with Gasteiger partial charge in [-0.3, -0.25) is 0 Å². The van der Waals surface area contributed by atoms with Crippen molar-refractivity contribution in [3.05, 3.63) is 35.9 Å². The minimum atomic E-state index is -1.04. The van der Waals surface area contributed by atoms with Crippen LogP contribution in [-0.2, 0) is 25.6 Å². The van der Waals surface area contributed by atoms with Crippen molar-refractivity contribution in [3.63, 3.8) is 0 Å². The fraction of sp³-hybridized carbons (Fsp3) is 0.625. The summed E-state index contributed by atoms with van der Waals surface area (Å²) < 4.78 is 23.1. The Bertz CT molecular complexity index is 491. The van der Waals surface area contributed by atoms with Crippen LogP contribution >= 0.6 is 0 Å². The second kappa shape index (κ2) is 6.23. The van der Waals surface area contributed by atoms with Crippen LogP contribution < -0.4 is 0 Å². The molecule has 1 aromatic carbocycles. The van der Waals surface area contributed by atoms with Crippen LogP contribution in [0.2, 0.25) is 0 Å². The highest BCUT2D eigenvalue weighted by atomic mass is 16.8. The van der Waals surface area contributed by atoms with E-state index < -0.39 is 43.1 Å². The van der Waals surface area contributed by atoms with Gasteiger partial charge < -0.3 is 29.2 Å². The summed E-state index contributed by atoms with van der Waals surface area (Å²) in [5, 5.41) is 19.1. The topological polar surface area (TPSA) is 77.4 Å². The van der Waals surface area contributed by atoms with Gasteiger partial charge in [-0.2, -0.15) is 0 Å². The van der Waals surface area contributed by atoms with Crippen LogP contribution in [0.3, 0.4) is 0 Å². The Morgan fingerprint density at radius 3 is 2.64 bits per heavy atom. The van der Waals surface area contributed by atoms with Gasteiger partial charge in [0.25, 0.3) is 0 Å². The average Bonchev–Trinajstić information content (AvgIpc) is 2.97. The Labute approximate surface area is 129 Å². The molecule has 22 heavy (non-hydrogen) atoms. The Kier molecular flexibility index (Phi) is 4.49. The average molecular weight is 310 g/mol. The summed E-state index contributed by atoms with van der Waals surface area (Å²) in [6.07, 6.45) is -3.25. The SMILES string of the molecule is CC1(C)OC2O[C@H]([C@H](O)CO)[C@@H](OCc3ccccc3)[C@H]2O1. The second-order valence-electron chi connectivity index (χ2n) is 6.08. The largest absolute Gasteiger partial charge is 0.394 e.